The lowest BCUT2D eigenvalue weighted by Crippen LogP contribution is -2.36. The fourth-order valence-corrected chi connectivity index (χ4v) is 6.81. The van der Waals surface area contributed by atoms with E-state index < -0.39 is 36.0 Å². The molecular formula is C30H32F5N5O4S. The lowest BCUT2D eigenvalue weighted by molar-refractivity contribution is -0.143. The second-order valence-electron chi connectivity index (χ2n) is 11.2. The first-order valence-corrected chi connectivity index (χ1v) is 15.4. The van der Waals surface area contributed by atoms with Gasteiger partial charge in [-0.3, -0.25) is 14.5 Å². The molecule has 1 N–H and O–H groups in total. The van der Waals surface area contributed by atoms with Crippen molar-refractivity contribution in [3.8, 4) is 17.0 Å². The minimum atomic E-state index is -4.95. The molecule has 45 heavy (non-hydrogen) atoms. The maximum absolute atomic E-state index is 13.8. The second-order valence-corrected chi connectivity index (χ2v) is 12.4. The van der Waals surface area contributed by atoms with Crippen LogP contribution in [0.2, 0.25) is 0 Å². The highest BCUT2D eigenvalue weighted by Crippen LogP contribution is 2.41. The number of alkyl halides is 5. The van der Waals surface area contributed by atoms with E-state index in [0.29, 0.717) is 48.2 Å². The van der Waals surface area contributed by atoms with E-state index in [1.54, 1.807) is 0 Å². The molecule has 2 fully saturated rings. The van der Waals surface area contributed by atoms with Gasteiger partial charge in [0.15, 0.2) is 5.78 Å². The van der Waals surface area contributed by atoms with Gasteiger partial charge >= 0.3 is 18.8 Å². The van der Waals surface area contributed by atoms with Gasteiger partial charge in [-0.1, -0.05) is 6.42 Å². The number of rotatable bonds is 10. The van der Waals surface area contributed by atoms with E-state index in [0.717, 1.165) is 37.9 Å². The monoisotopic (exact) mass is 653 g/mol. The number of likely N-dealkylation sites (tertiary alicyclic amines) is 1. The number of nitrogens with zero attached hydrogens (tertiary/aromatic N) is 5. The molecule has 1 aromatic carbocycles. The summed E-state index contributed by atoms with van der Waals surface area (Å²) in [6, 6.07) is 3.13. The zero-order chi connectivity index (χ0) is 32.3. The summed E-state index contributed by atoms with van der Waals surface area (Å²) in [7, 11) is 0. The number of thiazole rings is 1. The van der Waals surface area contributed by atoms with Gasteiger partial charge in [-0.15, -0.1) is 11.3 Å². The van der Waals surface area contributed by atoms with Crippen LogP contribution in [0.5, 0.6) is 5.75 Å². The molecule has 5 rings (SSSR count). The third kappa shape index (κ3) is 7.93. The molecule has 0 spiro atoms. The van der Waals surface area contributed by atoms with Crippen molar-refractivity contribution in [3.05, 3.63) is 51.7 Å². The maximum atomic E-state index is 13.8. The zero-order valence-corrected chi connectivity index (χ0v) is 25.2. The summed E-state index contributed by atoms with van der Waals surface area (Å²) >= 11 is 1.22. The van der Waals surface area contributed by atoms with Gasteiger partial charge in [0.25, 0.3) is 0 Å². The standard InChI is InChI=1S/C30H32F5N5O4S/c1-17-4-2-3-9-40(17)16-24-27(19-5-6-23(44-29(31)32)20(12-19)30(33,34)35)38-26(45-24)13-22(41)21-14-37-25(15-36-21)39-10-7-18(8-11-39)28(42)43/h5-6,12,14-15,17-18,29H,2-4,7-11,13,16H2,1H3,(H,42,43)/t17-/m1/s1. The van der Waals surface area contributed by atoms with Crippen molar-refractivity contribution in [3.63, 3.8) is 0 Å². The predicted molar refractivity (Wildman–Crippen MR) is 156 cm³/mol. The normalized spacial score (nSPS) is 18.4. The van der Waals surface area contributed by atoms with Gasteiger partial charge in [0.2, 0.25) is 0 Å². The summed E-state index contributed by atoms with van der Waals surface area (Å²) in [6.07, 6.45) is 1.70. The van der Waals surface area contributed by atoms with Gasteiger partial charge in [0.05, 0.1) is 36.0 Å². The number of ether oxygens (including phenoxy) is 1. The molecule has 0 bridgehead atoms. The average molecular weight is 654 g/mol. The predicted octanol–water partition coefficient (Wildman–Crippen LogP) is 6.32. The Balaban J connectivity index is 1.39. The molecule has 2 aliphatic rings. The molecule has 0 radical (unpaired) electrons. The van der Waals surface area contributed by atoms with E-state index in [1.165, 1.54) is 29.8 Å². The summed E-state index contributed by atoms with van der Waals surface area (Å²) in [5.41, 5.74) is -0.920. The van der Waals surface area contributed by atoms with Crippen molar-refractivity contribution >= 4 is 28.9 Å². The molecular weight excluding hydrogens is 621 g/mol. The molecule has 3 aromatic rings. The van der Waals surface area contributed by atoms with Gasteiger partial charge < -0.3 is 14.7 Å². The summed E-state index contributed by atoms with van der Waals surface area (Å²) in [6.45, 7) is 0.879. The quantitative estimate of drug-likeness (QED) is 0.199. The zero-order valence-electron chi connectivity index (χ0n) is 24.4. The molecule has 2 aromatic heterocycles. The van der Waals surface area contributed by atoms with Crippen LogP contribution in [-0.2, 0) is 23.9 Å². The topological polar surface area (TPSA) is 109 Å². The maximum Gasteiger partial charge on any atom is 0.419 e. The number of carbonyl (C=O) groups excluding carboxylic acids is 1. The Kier molecular flexibility index (Phi) is 9.97. The van der Waals surface area contributed by atoms with Gasteiger partial charge in [0.1, 0.15) is 22.3 Å². The number of aromatic nitrogens is 3. The van der Waals surface area contributed by atoms with Crippen molar-refractivity contribution in [2.24, 2.45) is 5.92 Å². The second kappa shape index (κ2) is 13.7. The van der Waals surface area contributed by atoms with Crippen LogP contribution >= 0.6 is 11.3 Å². The largest absolute Gasteiger partial charge is 0.481 e. The van der Waals surface area contributed by atoms with Crippen molar-refractivity contribution < 1.29 is 41.4 Å². The summed E-state index contributed by atoms with van der Waals surface area (Å²) in [5.74, 6) is -2.05. The molecule has 0 saturated carbocycles. The minimum Gasteiger partial charge on any atom is -0.481 e. The van der Waals surface area contributed by atoms with Crippen LogP contribution in [0.3, 0.4) is 0 Å². The number of halogens is 5. The Hall–Kier alpha value is -3.72. The number of Topliss-reactive ketones (excluding diaryl/α,β-unsaturated/α-hetero) is 1. The van der Waals surface area contributed by atoms with Gasteiger partial charge in [0, 0.05) is 36.1 Å². The van der Waals surface area contributed by atoms with E-state index in [4.69, 9.17) is 0 Å². The number of benzene rings is 1. The van der Waals surface area contributed by atoms with Crippen LogP contribution in [0.4, 0.5) is 27.8 Å². The van der Waals surface area contributed by atoms with Crippen molar-refractivity contribution in [1.82, 2.24) is 19.9 Å². The molecule has 9 nitrogen and oxygen atoms in total. The van der Waals surface area contributed by atoms with Crippen LogP contribution in [0, 0.1) is 5.92 Å². The van der Waals surface area contributed by atoms with Gasteiger partial charge in [-0.25, -0.2) is 15.0 Å². The molecule has 1 atom stereocenters. The van der Waals surface area contributed by atoms with Crippen LogP contribution in [0.1, 0.15) is 65.0 Å². The molecule has 15 heteroatoms. The third-order valence-corrected chi connectivity index (χ3v) is 9.25. The molecule has 2 saturated heterocycles. The first kappa shape index (κ1) is 32.7. The van der Waals surface area contributed by atoms with Gasteiger partial charge in [-0.2, -0.15) is 22.0 Å². The number of hydrogen-bond acceptors (Lipinski definition) is 9. The lowest BCUT2D eigenvalue weighted by Gasteiger charge is -2.33. The number of hydrogen-bond donors (Lipinski definition) is 1. The molecule has 4 heterocycles. The molecule has 242 valence electrons. The fraction of sp³-hybridized carbons (Fsp3) is 0.500. The van der Waals surface area contributed by atoms with E-state index in [2.05, 4.69) is 31.5 Å². The fourth-order valence-electron chi connectivity index (χ4n) is 5.70. The van der Waals surface area contributed by atoms with E-state index >= 15 is 0 Å². The molecule has 0 amide bonds. The van der Waals surface area contributed by atoms with Crippen molar-refractivity contribution in [2.45, 2.75) is 70.8 Å². The minimum absolute atomic E-state index is 0.0781. The van der Waals surface area contributed by atoms with E-state index in [-0.39, 0.29) is 35.2 Å². The average Bonchev–Trinajstić information content (AvgIpc) is 3.39. The third-order valence-electron chi connectivity index (χ3n) is 8.21. The SMILES string of the molecule is C[C@@H]1CCCCN1Cc1sc(CC(=O)c2cnc(N3CCC(C(=O)O)CC3)cn2)nc1-c1ccc(OC(F)F)c(C(F)(F)F)c1. The van der Waals surface area contributed by atoms with Crippen LogP contribution in [0.15, 0.2) is 30.6 Å². The summed E-state index contributed by atoms with van der Waals surface area (Å²) < 4.78 is 71.3. The number of piperidine rings is 2. The number of anilines is 1. The summed E-state index contributed by atoms with van der Waals surface area (Å²) in [5, 5.41) is 9.58. The van der Waals surface area contributed by atoms with E-state index in [1.807, 2.05) is 4.90 Å². The molecule has 2 aliphatic heterocycles. The lowest BCUT2D eigenvalue weighted by atomic mass is 9.97. The Bertz CT molecular complexity index is 1510. The summed E-state index contributed by atoms with van der Waals surface area (Å²) in [4.78, 5) is 42.4. The first-order valence-electron chi connectivity index (χ1n) is 14.6. The number of ketones is 1. The highest BCUT2D eigenvalue weighted by atomic mass is 32.1. The van der Waals surface area contributed by atoms with Crippen molar-refractivity contribution in [1.29, 1.82) is 0 Å². The highest BCUT2D eigenvalue weighted by molar-refractivity contribution is 7.12. The number of carbonyl (C=O) groups is 2. The smallest absolute Gasteiger partial charge is 0.419 e. The van der Waals surface area contributed by atoms with Crippen molar-refractivity contribution in [2.75, 3.05) is 24.5 Å². The van der Waals surface area contributed by atoms with Crippen LogP contribution in [-0.4, -0.2) is 69.0 Å². The van der Waals surface area contributed by atoms with E-state index in [9.17, 15) is 36.6 Å². The first-order chi connectivity index (χ1) is 21.4. The van der Waals surface area contributed by atoms with Crippen LogP contribution in [0.25, 0.3) is 11.3 Å². The number of carboxylic acid groups (broad SMARTS) is 1. The molecule has 0 unspecified atom stereocenters. The van der Waals surface area contributed by atoms with Crippen LogP contribution < -0.4 is 9.64 Å². The Morgan fingerprint density at radius 3 is 2.47 bits per heavy atom. The highest BCUT2D eigenvalue weighted by Gasteiger charge is 2.36. The Morgan fingerprint density at radius 2 is 1.84 bits per heavy atom. The number of carboxylic acids is 1. The Morgan fingerprint density at radius 1 is 1.09 bits per heavy atom. The number of aliphatic carboxylic acids is 1. The van der Waals surface area contributed by atoms with Gasteiger partial charge in [-0.05, 0) is 57.4 Å². The Labute approximate surface area is 260 Å². The molecule has 0 aliphatic carbocycles.